The molecule has 1 aliphatic carbocycles. The van der Waals surface area contributed by atoms with Crippen molar-refractivity contribution in [3.05, 3.63) is 71.6 Å². The highest BCUT2D eigenvalue weighted by molar-refractivity contribution is 6.04. The van der Waals surface area contributed by atoms with Gasteiger partial charge >= 0.3 is 0 Å². The number of nitrogens with zero attached hydrogens (tertiary/aromatic N) is 2. The SMILES string of the molecule is NC(=O)c1cc(F)c(NC2CCCCC2N)nc1Nc1cncc(NC(=O)c2ccc(F)cc2)c1. The van der Waals surface area contributed by atoms with E-state index in [4.69, 9.17) is 11.5 Å². The quantitative estimate of drug-likeness (QED) is 0.347. The van der Waals surface area contributed by atoms with Crippen LogP contribution in [0.25, 0.3) is 0 Å². The lowest BCUT2D eigenvalue weighted by Gasteiger charge is -2.30. The molecule has 2 unspecified atom stereocenters. The first-order chi connectivity index (χ1) is 16.8. The largest absolute Gasteiger partial charge is 0.365 e. The van der Waals surface area contributed by atoms with Crippen molar-refractivity contribution in [1.29, 1.82) is 0 Å². The summed E-state index contributed by atoms with van der Waals surface area (Å²) in [5, 5.41) is 8.62. The molecule has 1 saturated carbocycles. The average molecular weight is 482 g/mol. The molecule has 4 rings (SSSR count). The summed E-state index contributed by atoms with van der Waals surface area (Å²) in [6, 6.07) is 7.36. The highest BCUT2D eigenvalue weighted by Crippen LogP contribution is 2.27. The van der Waals surface area contributed by atoms with Gasteiger partial charge in [-0.05, 0) is 49.2 Å². The van der Waals surface area contributed by atoms with Crippen molar-refractivity contribution in [3.8, 4) is 0 Å². The fourth-order valence-electron chi connectivity index (χ4n) is 3.91. The van der Waals surface area contributed by atoms with E-state index in [1.165, 1.54) is 36.7 Å². The second kappa shape index (κ2) is 10.4. The minimum atomic E-state index is -0.867. The maximum Gasteiger partial charge on any atom is 0.255 e. The van der Waals surface area contributed by atoms with E-state index in [-0.39, 0.29) is 34.8 Å². The van der Waals surface area contributed by atoms with Gasteiger partial charge in [-0.2, -0.15) is 0 Å². The number of hydrogen-bond acceptors (Lipinski definition) is 7. The number of pyridine rings is 2. The molecule has 11 heteroatoms. The average Bonchev–Trinajstić information content (AvgIpc) is 2.83. The van der Waals surface area contributed by atoms with Gasteiger partial charge in [-0.15, -0.1) is 0 Å². The van der Waals surface area contributed by atoms with Crippen LogP contribution in [-0.2, 0) is 0 Å². The van der Waals surface area contributed by atoms with E-state index >= 15 is 0 Å². The standard InChI is InChI=1S/C24H25F2N7O2/c25-14-7-5-13(6-8-14)24(35)31-16-9-15(11-29-12-16)30-22-17(21(28)34)10-18(26)23(33-22)32-20-4-2-1-3-19(20)27/h5-12,19-20H,1-4,27H2,(H2,28,34)(H,31,35)(H2,30,32,33). The zero-order valence-corrected chi connectivity index (χ0v) is 18.7. The van der Waals surface area contributed by atoms with Crippen molar-refractivity contribution in [2.75, 3.05) is 16.0 Å². The number of halogens is 2. The summed E-state index contributed by atoms with van der Waals surface area (Å²) in [4.78, 5) is 32.7. The molecular weight excluding hydrogens is 456 g/mol. The van der Waals surface area contributed by atoms with Crippen LogP contribution in [0, 0.1) is 11.6 Å². The number of carbonyl (C=O) groups excluding carboxylic acids is 2. The van der Waals surface area contributed by atoms with Gasteiger partial charge in [-0.25, -0.2) is 13.8 Å². The molecule has 0 aliphatic heterocycles. The van der Waals surface area contributed by atoms with E-state index in [0.29, 0.717) is 11.4 Å². The number of primary amides is 1. The molecule has 1 fully saturated rings. The highest BCUT2D eigenvalue weighted by Gasteiger charge is 2.24. The normalized spacial score (nSPS) is 17.5. The monoisotopic (exact) mass is 481 g/mol. The summed E-state index contributed by atoms with van der Waals surface area (Å²) >= 11 is 0. The number of amides is 2. The number of benzene rings is 1. The Kier molecular flexibility index (Phi) is 7.16. The lowest BCUT2D eigenvalue weighted by molar-refractivity contribution is 0.0997. The molecule has 2 aromatic heterocycles. The van der Waals surface area contributed by atoms with Gasteiger partial charge < -0.3 is 27.4 Å². The van der Waals surface area contributed by atoms with Crippen LogP contribution >= 0.6 is 0 Å². The van der Waals surface area contributed by atoms with Crippen LogP contribution in [0.3, 0.4) is 0 Å². The first-order valence-electron chi connectivity index (χ1n) is 11.1. The highest BCUT2D eigenvalue weighted by atomic mass is 19.1. The van der Waals surface area contributed by atoms with Gasteiger partial charge in [-0.1, -0.05) is 12.8 Å². The second-order valence-electron chi connectivity index (χ2n) is 8.33. The van der Waals surface area contributed by atoms with Crippen molar-refractivity contribution in [2.24, 2.45) is 11.5 Å². The number of carbonyl (C=O) groups is 2. The van der Waals surface area contributed by atoms with E-state index < -0.39 is 23.4 Å². The zero-order valence-electron chi connectivity index (χ0n) is 18.7. The molecule has 1 aromatic carbocycles. The van der Waals surface area contributed by atoms with Gasteiger partial charge in [0.1, 0.15) is 11.6 Å². The predicted molar refractivity (Wildman–Crippen MR) is 128 cm³/mol. The Morgan fingerprint density at radius 3 is 2.40 bits per heavy atom. The van der Waals surface area contributed by atoms with E-state index in [2.05, 4.69) is 25.9 Å². The number of nitrogens with two attached hydrogens (primary N) is 2. The first kappa shape index (κ1) is 24.0. The van der Waals surface area contributed by atoms with Crippen LogP contribution in [0.2, 0.25) is 0 Å². The van der Waals surface area contributed by atoms with E-state index in [1.807, 2.05) is 0 Å². The zero-order chi connectivity index (χ0) is 24.9. The summed E-state index contributed by atoms with van der Waals surface area (Å²) in [5.74, 6) is -2.53. The van der Waals surface area contributed by atoms with Gasteiger partial charge in [0.25, 0.3) is 11.8 Å². The van der Waals surface area contributed by atoms with Crippen molar-refractivity contribution >= 4 is 34.8 Å². The van der Waals surface area contributed by atoms with Crippen molar-refractivity contribution < 1.29 is 18.4 Å². The van der Waals surface area contributed by atoms with Gasteiger partial charge in [-0.3, -0.25) is 14.6 Å². The van der Waals surface area contributed by atoms with Crippen molar-refractivity contribution in [1.82, 2.24) is 9.97 Å². The number of anilines is 4. The van der Waals surface area contributed by atoms with E-state index in [0.717, 1.165) is 31.7 Å². The summed E-state index contributed by atoms with van der Waals surface area (Å²) in [5.41, 5.74) is 12.4. The Morgan fingerprint density at radius 1 is 0.971 bits per heavy atom. The lowest BCUT2D eigenvalue weighted by Crippen LogP contribution is -2.43. The maximum atomic E-state index is 14.7. The molecule has 2 atom stereocenters. The van der Waals surface area contributed by atoms with Crippen molar-refractivity contribution in [3.63, 3.8) is 0 Å². The Labute approximate surface area is 200 Å². The van der Waals surface area contributed by atoms with Crippen LogP contribution in [0.4, 0.5) is 31.8 Å². The Hall–Kier alpha value is -4.12. The Balaban J connectivity index is 1.56. The van der Waals surface area contributed by atoms with Crippen LogP contribution in [-0.4, -0.2) is 33.9 Å². The third-order valence-electron chi connectivity index (χ3n) is 5.75. The van der Waals surface area contributed by atoms with Crippen LogP contribution in [0.15, 0.2) is 48.8 Å². The number of aromatic nitrogens is 2. The molecule has 9 nitrogen and oxygen atoms in total. The molecule has 35 heavy (non-hydrogen) atoms. The molecular formula is C24H25F2N7O2. The molecule has 1 aliphatic rings. The second-order valence-corrected chi connectivity index (χ2v) is 8.33. The minimum absolute atomic E-state index is 0.0228. The van der Waals surface area contributed by atoms with Gasteiger partial charge in [0.15, 0.2) is 11.6 Å². The molecule has 3 aromatic rings. The van der Waals surface area contributed by atoms with Crippen LogP contribution < -0.4 is 27.4 Å². The fraction of sp³-hybridized carbons (Fsp3) is 0.250. The predicted octanol–water partition coefficient (Wildman–Crippen LogP) is 3.53. The number of rotatable bonds is 7. The molecule has 0 radical (unpaired) electrons. The molecule has 182 valence electrons. The Bertz CT molecular complexity index is 1240. The third kappa shape index (κ3) is 5.87. The van der Waals surface area contributed by atoms with E-state index in [9.17, 15) is 18.4 Å². The van der Waals surface area contributed by atoms with Gasteiger partial charge in [0, 0.05) is 17.6 Å². The molecule has 2 heterocycles. The maximum absolute atomic E-state index is 14.7. The fourth-order valence-corrected chi connectivity index (χ4v) is 3.91. The number of hydrogen-bond donors (Lipinski definition) is 5. The van der Waals surface area contributed by atoms with Crippen molar-refractivity contribution in [2.45, 2.75) is 37.8 Å². The molecule has 0 bridgehead atoms. The topological polar surface area (TPSA) is 148 Å². The summed E-state index contributed by atoms with van der Waals surface area (Å²) < 4.78 is 27.8. The summed E-state index contributed by atoms with van der Waals surface area (Å²) in [6.45, 7) is 0. The third-order valence-corrected chi connectivity index (χ3v) is 5.75. The molecule has 2 amide bonds. The van der Waals surface area contributed by atoms with Gasteiger partial charge in [0.2, 0.25) is 0 Å². The molecule has 7 N–H and O–H groups in total. The number of nitrogens with one attached hydrogen (secondary N) is 3. The molecule has 0 saturated heterocycles. The Morgan fingerprint density at radius 2 is 1.69 bits per heavy atom. The summed E-state index contributed by atoms with van der Waals surface area (Å²) in [6.07, 6.45) is 6.45. The van der Waals surface area contributed by atoms with Crippen LogP contribution in [0.5, 0.6) is 0 Å². The van der Waals surface area contributed by atoms with Crippen LogP contribution in [0.1, 0.15) is 46.4 Å². The first-order valence-corrected chi connectivity index (χ1v) is 11.1. The molecule has 0 spiro atoms. The minimum Gasteiger partial charge on any atom is -0.365 e. The van der Waals surface area contributed by atoms with Gasteiger partial charge in [0.05, 0.1) is 29.3 Å². The van der Waals surface area contributed by atoms with E-state index in [1.54, 1.807) is 6.07 Å². The summed E-state index contributed by atoms with van der Waals surface area (Å²) in [7, 11) is 0. The smallest absolute Gasteiger partial charge is 0.255 e. The lowest BCUT2D eigenvalue weighted by atomic mass is 9.91.